The van der Waals surface area contributed by atoms with Gasteiger partial charge >= 0.3 is 0 Å². The van der Waals surface area contributed by atoms with E-state index in [1.165, 1.54) is 32.1 Å². The molecule has 1 atom stereocenters. The predicted octanol–water partition coefficient (Wildman–Crippen LogP) is 2.74. The molecule has 12 heavy (non-hydrogen) atoms. The molecule has 1 saturated carbocycles. The maximum absolute atomic E-state index is 5.63. The van der Waals surface area contributed by atoms with Gasteiger partial charge in [-0.2, -0.15) is 0 Å². The molecule has 1 unspecified atom stereocenters. The Labute approximate surface area is 82.7 Å². The highest BCUT2D eigenvalue weighted by Crippen LogP contribution is 2.23. The number of rotatable bonds is 3. The van der Waals surface area contributed by atoms with E-state index in [-0.39, 0.29) is 9.74 Å². The Morgan fingerprint density at radius 3 is 2.33 bits per heavy atom. The molecule has 0 aliphatic heterocycles. The first-order valence-corrected chi connectivity index (χ1v) is 6.91. The summed E-state index contributed by atoms with van der Waals surface area (Å²) in [6, 6.07) is 0. The van der Waals surface area contributed by atoms with Crippen molar-refractivity contribution in [2.45, 2.75) is 57.3 Å². The molecule has 0 radical (unpaired) electrons. The van der Waals surface area contributed by atoms with Crippen molar-refractivity contribution in [2.75, 3.05) is 0 Å². The quantitative estimate of drug-likeness (QED) is 0.702. The van der Waals surface area contributed by atoms with E-state index in [2.05, 4.69) is 13.8 Å². The van der Waals surface area contributed by atoms with Crippen LogP contribution in [0.1, 0.15) is 46.0 Å². The maximum atomic E-state index is 5.63. The van der Waals surface area contributed by atoms with E-state index in [4.69, 9.17) is 15.4 Å². The Morgan fingerprint density at radius 1 is 1.25 bits per heavy atom. The fourth-order valence-electron chi connectivity index (χ4n) is 1.53. The highest BCUT2D eigenvalue weighted by atomic mass is 32.8. The lowest BCUT2D eigenvalue weighted by atomic mass is 10.0. The highest BCUT2D eigenvalue weighted by Gasteiger charge is 2.18. The van der Waals surface area contributed by atoms with Crippen LogP contribution >= 0.6 is 0 Å². The zero-order valence-corrected chi connectivity index (χ0v) is 9.55. The van der Waals surface area contributed by atoms with Gasteiger partial charge in [0, 0.05) is 15.0 Å². The normalized spacial score (nSPS) is 22.9. The molecule has 0 heterocycles. The molecule has 1 aliphatic carbocycles. The summed E-state index contributed by atoms with van der Waals surface area (Å²) in [6.45, 7) is 4.13. The summed E-state index contributed by atoms with van der Waals surface area (Å²) < 4.78 is 5.63. The second-order valence-corrected chi connectivity index (χ2v) is 6.03. The molecule has 0 spiro atoms. The molecule has 1 nitrogen and oxygen atoms in total. The topological polar surface area (TPSA) is 9.23 Å². The summed E-state index contributed by atoms with van der Waals surface area (Å²) in [5, 5.41) is 0.677. The number of hydrogen-bond donors (Lipinski definition) is 0. The van der Waals surface area contributed by atoms with Gasteiger partial charge in [0.15, 0.2) is 0 Å². The lowest BCUT2D eigenvalue weighted by Crippen LogP contribution is -2.21. The molecule has 0 bridgehead atoms. The number of hydrogen-bond acceptors (Lipinski definition) is 2. The molecule has 1 rings (SSSR count). The van der Waals surface area contributed by atoms with Crippen LogP contribution in [-0.2, 0) is 25.1 Å². The van der Waals surface area contributed by atoms with E-state index >= 15 is 0 Å². The summed E-state index contributed by atoms with van der Waals surface area (Å²) in [4.78, 5) is 0. The van der Waals surface area contributed by atoms with Crippen molar-refractivity contribution in [3.8, 4) is 0 Å². The Balaban J connectivity index is 2.30. The molecule has 1 aliphatic rings. The van der Waals surface area contributed by atoms with E-state index in [1.807, 2.05) is 0 Å². The summed E-state index contributed by atoms with van der Waals surface area (Å²) in [7, 11) is -0.203. The van der Waals surface area contributed by atoms with Crippen molar-refractivity contribution in [2.24, 2.45) is 0 Å². The minimum atomic E-state index is -0.203. The summed E-state index contributed by atoms with van der Waals surface area (Å²) >= 11 is 5.34. The molecule has 0 amide bonds. The van der Waals surface area contributed by atoms with Crippen LogP contribution < -0.4 is 0 Å². The van der Waals surface area contributed by atoms with E-state index in [1.54, 1.807) is 0 Å². The molecule has 3 heteroatoms. The van der Waals surface area contributed by atoms with Gasteiger partial charge in [-0.25, -0.2) is 0 Å². The van der Waals surface area contributed by atoms with Crippen LogP contribution in [0.4, 0.5) is 0 Å². The third-order valence-corrected chi connectivity index (χ3v) is 4.75. The molecular weight excluding hydrogens is 188 g/mol. The van der Waals surface area contributed by atoms with Crippen LogP contribution in [0.25, 0.3) is 0 Å². The summed E-state index contributed by atoms with van der Waals surface area (Å²) in [5.74, 6) is 0. The largest absolute Gasteiger partial charge is 0.309 e. The Morgan fingerprint density at radius 2 is 1.83 bits per heavy atom. The minimum Gasteiger partial charge on any atom is -0.309 e. The average Bonchev–Trinajstić information content (AvgIpc) is 2.05. The van der Waals surface area contributed by atoms with Crippen molar-refractivity contribution in [1.29, 1.82) is 0 Å². The van der Waals surface area contributed by atoms with Crippen molar-refractivity contribution in [1.82, 2.24) is 0 Å². The van der Waals surface area contributed by atoms with Gasteiger partial charge in [-0.3, -0.25) is 0 Å². The van der Waals surface area contributed by atoms with Gasteiger partial charge in [0.2, 0.25) is 0 Å². The Kier molecular flexibility index (Phi) is 4.69. The molecular formula is C9H18OS2. The lowest BCUT2D eigenvalue weighted by Gasteiger charge is -2.23. The van der Waals surface area contributed by atoms with Gasteiger partial charge < -0.3 is 4.18 Å². The van der Waals surface area contributed by atoms with E-state index in [9.17, 15) is 0 Å². The van der Waals surface area contributed by atoms with E-state index in [0.717, 1.165) is 0 Å². The van der Waals surface area contributed by atoms with Crippen molar-refractivity contribution >= 4 is 20.9 Å². The minimum absolute atomic E-state index is 0.203. The van der Waals surface area contributed by atoms with Crippen LogP contribution in [-0.4, -0.2) is 11.4 Å². The fraction of sp³-hybridized carbons (Fsp3) is 1.00. The Bertz CT molecular complexity index is 151. The van der Waals surface area contributed by atoms with Gasteiger partial charge in [0.1, 0.15) is 0 Å². The van der Waals surface area contributed by atoms with Crippen molar-refractivity contribution < 1.29 is 4.18 Å². The first-order chi connectivity index (χ1) is 5.70. The first-order valence-electron chi connectivity index (χ1n) is 4.78. The first kappa shape index (κ1) is 10.6. The second-order valence-electron chi connectivity index (χ2n) is 3.67. The third kappa shape index (κ3) is 3.50. The fourth-order valence-corrected chi connectivity index (χ4v) is 3.83. The van der Waals surface area contributed by atoms with E-state index < -0.39 is 0 Å². The Hall–Kier alpha value is 0.530. The molecule has 0 aromatic heterocycles. The molecule has 0 aromatic rings. The summed E-state index contributed by atoms with van der Waals surface area (Å²) in [5.41, 5.74) is 0. The molecule has 0 aromatic carbocycles. The van der Waals surface area contributed by atoms with Crippen LogP contribution in [0, 0.1) is 0 Å². The van der Waals surface area contributed by atoms with E-state index in [0.29, 0.717) is 11.4 Å². The molecule has 72 valence electrons. The van der Waals surface area contributed by atoms with Gasteiger partial charge in [0.25, 0.3) is 0 Å². The SMILES string of the molecule is CC(C)OS(=S)C1CCCCC1. The zero-order valence-electron chi connectivity index (χ0n) is 7.91. The molecule has 1 fully saturated rings. The van der Waals surface area contributed by atoms with Crippen LogP contribution in [0.3, 0.4) is 0 Å². The standard InChI is InChI=1S/C9H18OS2/c1-8(2)10-12(11)9-6-4-3-5-7-9/h8-9H,3-7H2,1-2H3. The second kappa shape index (κ2) is 5.30. The molecule has 0 saturated heterocycles. The zero-order chi connectivity index (χ0) is 8.97. The third-order valence-electron chi connectivity index (χ3n) is 2.11. The van der Waals surface area contributed by atoms with Crippen molar-refractivity contribution in [3.05, 3.63) is 0 Å². The summed E-state index contributed by atoms with van der Waals surface area (Å²) in [6.07, 6.45) is 6.98. The highest BCUT2D eigenvalue weighted by molar-refractivity contribution is 8.26. The average molecular weight is 206 g/mol. The molecule has 0 N–H and O–H groups in total. The van der Waals surface area contributed by atoms with Crippen molar-refractivity contribution in [3.63, 3.8) is 0 Å². The monoisotopic (exact) mass is 206 g/mol. The van der Waals surface area contributed by atoms with Gasteiger partial charge in [0.05, 0.1) is 6.10 Å². The van der Waals surface area contributed by atoms with Gasteiger partial charge in [-0.15, -0.1) is 0 Å². The van der Waals surface area contributed by atoms with Crippen LogP contribution in [0.15, 0.2) is 0 Å². The maximum Gasteiger partial charge on any atom is 0.0669 e. The predicted molar refractivity (Wildman–Crippen MR) is 57.8 cm³/mol. The lowest BCUT2D eigenvalue weighted by molar-refractivity contribution is 0.279. The van der Waals surface area contributed by atoms with Crippen LogP contribution in [0.2, 0.25) is 0 Å². The van der Waals surface area contributed by atoms with Gasteiger partial charge in [-0.05, 0) is 37.9 Å². The van der Waals surface area contributed by atoms with Gasteiger partial charge in [-0.1, -0.05) is 19.3 Å². The van der Waals surface area contributed by atoms with Crippen LogP contribution in [0.5, 0.6) is 0 Å². The smallest absolute Gasteiger partial charge is 0.0669 e.